The minimum Gasteiger partial charge on any atom is -0.497 e. The minimum absolute atomic E-state index is 0.225. The number of benzene rings is 1. The molecule has 1 rings (SSSR count). The highest BCUT2D eigenvalue weighted by molar-refractivity contribution is 5.79. The SMILES string of the molecule is C=CCNC(=NCC(O)c1cc(OC)cc(OC)c1)NCC. The molecule has 0 spiro atoms. The van der Waals surface area contributed by atoms with Crippen LogP contribution in [0.3, 0.4) is 0 Å². The number of guanidine groups is 1. The Bertz CT molecular complexity index is 481. The first-order chi connectivity index (χ1) is 10.6. The number of hydrogen-bond donors (Lipinski definition) is 3. The van der Waals surface area contributed by atoms with Gasteiger partial charge >= 0.3 is 0 Å². The molecule has 0 aliphatic carbocycles. The van der Waals surface area contributed by atoms with Crippen molar-refractivity contribution in [2.24, 2.45) is 4.99 Å². The molecule has 6 heteroatoms. The maximum absolute atomic E-state index is 10.3. The predicted molar refractivity (Wildman–Crippen MR) is 88.7 cm³/mol. The Kier molecular flexibility index (Phi) is 7.85. The summed E-state index contributed by atoms with van der Waals surface area (Å²) in [7, 11) is 3.15. The van der Waals surface area contributed by atoms with Crippen LogP contribution < -0.4 is 20.1 Å². The lowest BCUT2D eigenvalue weighted by atomic mass is 10.1. The van der Waals surface area contributed by atoms with Gasteiger partial charge in [-0.25, -0.2) is 0 Å². The van der Waals surface area contributed by atoms with E-state index in [1.54, 1.807) is 38.5 Å². The fourth-order valence-corrected chi connectivity index (χ4v) is 1.82. The molecule has 1 aromatic rings. The van der Waals surface area contributed by atoms with Crippen molar-refractivity contribution in [2.45, 2.75) is 13.0 Å². The van der Waals surface area contributed by atoms with E-state index in [9.17, 15) is 5.11 Å². The number of nitrogens with zero attached hydrogens (tertiary/aromatic N) is 1. The molecule has 3 N–H and O–H groups in total. The monoisotopic (exact) mass is 307 g/mol. The Morgan fingerprint density at radius 3 is 2.41 bits per heavy atom. The molecule has 6 nitrogen and oxygen atoms in total. The van der Waals surface area contributed by atoms with E-state index in [0.717, 1.165) is 6.54 Å². The maximum atomic E-state index is 10.3. The van der Waals surface area contributed by atoms with Gasteiger partial charge in [0.2, 0.25) is 0 Å². The number of nitrogens with one attached hydrogen (secondary N) is 2. The zero-order valence-electron chi connectivity index (χ0n) is 13.4. The average molecular weight is 307 g/mol. The molecule has 0 bridgehead atoms. The molecule has 122 valence electrons. The van der Waals surface area contributed by atoms with Gasteiger partial charge in [-0.3, -0.25) is 4.99 Å². The Labute approximate surface area is 131 Å². The molecule has 1 aromatic carbocycles. The van der Waals surface area contributed by atoms with E-state index < -0.39 is 6.10 Å². The zero-order valence-corrected chi connectivity index (χ0v) is 13.4. The summed E-state index contributed by atoms with van der Waals surface area (Å²) in [4.78, 5) is 4.35. The highest BCUT2D eigenvalue weighted by Gasteiger charge is 2.11. The van der Waals surface area contributed by atoms with E-state index >= 15 is 0 Å². The molecular formula is C16H25N3O3. The van der Waals surface area contributed by atoms with Crippen molar-refractivity contribution in [1.29, 1.82) is 0 Å². The fourth-order valence-electron chi connectivity index (χ4n) is 1.82. The van der Waals surface area contributed by atoms with Crippen LogP contribution in [-0.4, -0.2) is 44.9 Å². The smallest absolute Gasteiger partial charge is 0.191 e. The van der Waals surface area contributed by atoms with Gasteiger partial charge in [-0.2, -0.15) is 0 Å². The Hall–Kier alpha value is -2.21. The van der Waals surface area contributed by atoms with Crippen molar-refractivity contribution < 1.29 is 14.6 Å². The van der Waals surface area contributed by atoms with Gasteiger partial charge in [-0.1, -0.05) is 6.08 Å². The molecule has 1 unspecified atom stereocenters. The van der Waals surface area contributed by atoms with Gasteiger partial charge in [-0.15, -0.1) is 6.58 Å². The third-order valence-corrected chi connectivity index (χ3v) is 2.94. The van der Waals surface area contributed by atoms with Crippen LogP contribution in [0.1, 0.15) is 18.6 Å². The molecule has 1 atom stereocenters. The highest BCUT2D eigenvalue weighted by atomic mass is 16.5. The second-order valence-corrected chi connectivity index (χ2v) is 4.55. The lowest BCUT2D eigenvalue weighted by Gasteiger charge is -2.14. The van der Waals surface area contributed by atoms with Gasteiger partial charge in [-0.05, 0) is 24.6 Å². The van der Waals surface area contributed by atoms with Crippen LogP contribution in [0.5, 0.6) is 11.5 Å². The van der Waals surface area contributed by atoms with Crippen LogP contribution in [0, 0.1) is 0 Å². The van der Waals surface area contributed by atoms with E-state index in [0.29, 0.717) is 29.6 Å². The van der Waals surface area contributed by atoms with Crippen LogP contribution >= 0.6 is 0 Å². The van der Waals surface area contributed by atoms with Gasteiger partial charge in [0.15, 0.2) is 5.96 Å². The molecule has 0 heterocycles. The quantitative estimate of drug-likeness (QED) is 0.385. The van der Waals surface area contributed by atoms with Gasteiger partial charge in [0.05, 0.1) is 26.9 Å². The molecule has 0 saturated carbocycles. The molecule has 0 aliphatic heterocycles. The number of aliphatic imine (C=N–C) groups is 1. The van der Waals surface area contributed by atoms with Crippen LogP contribution in [0.15, 0.2) is 35.8 Å². The summed E-state index contributed by atoms with van der Waals surface area (Å²) in [6.07, 6.45) is 0.999. The van der Waals surface area contributed by atoms with Crippen molar-refractivity contribution in [3.05, 3.63) is 36.4 Å². The molecular weight excluding hydrogens is 282 g/mol. The third kappa shape index (κ3) is 5.65. The standard InChI is InChI=1S/C16H25N3O3/c1-5-7-18-16(17-6-2)19-11-15(20)12-8-13(21-3)10-14(9-12)22-4/h5,8-10,15,20H,1,6-7,11H2,2-4H3,(H2,17,18,19). The van der Waals surface area contributed by atoms with Crippen molar-refractivity contribution in [1.82, 2.24) is 10.6 Å². The summed E-state index contributed by atoms with van der Waals surface area (Å²) < 4.78 is 10.4. The number of ether oxygens (including phenoxy) is 2. The second kappa shape index (κ2) is 9.68. The van der Waals surface area contributed by atoms with Gasteiger partial charge in [0, 0.05) is 19.2 Å². The van der Waals surface area contributed by atoms with Gasteiger partial charge in [0.25, 0.3) is 0 Å². The first-order valence-electron chi connectivity index (χ1n) is 7.18. The van der Waals surface area contributed by atoms with Crippen molar-refractivity contribution in [2.75, 3.05) is 33.9 Å². The number of aliphatic hydroxyl groups excluding tert-OH is 1. The molecule has 0 saturated heterocycles. The molecule has 0 radical (unpaired) electrons. The van der Waals surface area contributed by atoms with Crippen LogP contribution in [0.4, 0.5) is 0 Å². The summed E-state index contributed by atoms with van der Waals surface area (Å²) >= 11 is 0. The first kappa shape index (κ1) is 17.8. The largest absolute Gasteiger partial charge is 0.497 e. The van der Waals surface area contributed by atoms with Gasteiger partial charge < -0.3 is 25.2 Å². The molecule has 0 fully saturated rings. The second-order valence-electron chi connectivity index (χ2n) is 4.55. The van der Waals surface area contributed by atoms with E-state index in [1.807, 2.05) is 6.92 Å². The zero-order chi connectivity index (χ0) is 16.4. The number of rotatable bonds is 8. The van der Waals surface area contributed by atoms with Crippen LogP contribution in [-0.2, 0) is 0 Å². The summed E-state index contributed by atoms with van der Waals surface area (Å²) in [5.74, 6) is 1.90. The lowest BCUT2D eigenvalue weighted by molar-refractivity contribution is 0.186. The van der Waals surface area contributed by atoms with Crippen LogP contribution in [0.2, 0.25) is 0 Å². The van der Waals surface area contributed by atoms with E-state index in [1.165, 1.54) is 0 Å². The average Bonchev–Trinajstić information content (AvgIpc) is 2.56. The number of methoxy groups -OCH3 is 2. The molecule has 22 heavy (non-hydrogen) atoms. The summed E-state index contributed by atoms with van der Waals surface area (Å²) in [6, 6.07) is 5.30. The van der Waals surface area contributed by atoms with Crippen LogP contribution in [0.25, 0.3) is 0 Å². The van der Waals surface area contributed by atoms with E-state index in [2.05, 4.69) is 22.2 Å². The molecule has 0 aliphatic rings. The predicted octanol–water partition coefficient (Wildman–Crippen LogP) is 1.48. The molecule has 0 amide bonds. The minimum atomic E-state index is -0.747. The maximum Gasteiger partial charge on any atom is 0.191 e. The highest BCUT2D eigenvalue weighted by Crippen LogP contribution is 2.26. The Morgan fingerprint density at radius 1 is 1.27 bits per heavy atom. The van der Waals surface area contributed by atoms with E-state index in [-0.39, 0.29) is 6.54 Å². The number of aliphatic hydroxyl groups is 1. The Balaban J connectivity index is 2.81. The van der Waals surface area contributed by atoms with Crippen molar-refractivity contribution in [3.63, 3.8) is 0 Å². The lowest BCUT2D eigenvalue weighted by Crippen LogP contribution is -2.37. The topological polar surface area (TPSA) is 75.1 Å². The molecule has 0 aromatic heterocycles. The third-order valence-electron chi connectivity index (χ3n) is 2.94. The van der Waals surface area contributed by atoms with E-state index in [4.69, 9.17) is 9.47 Å². The Morgan fingerprint density at radius 2 is 1.91 bits per heavy atom. The fraction of sp³-hybridized carbons (Fsp3) is 0.438. The van der Waals surface area contributed by atoms with Crippen molar-refractivity contribution in [3.8, 4) is 11.5 Å². The normalized spacial score (nSPS) is 12.5. The summed E-state index contributed by atoms with van der Waals surface area (Å²) in [5, 5.41) is 16.5. The summed E-state index contributed by atoms with van der Waals surface area (Å²) in [6.45, 7) is 7.21. The van der Waals surface area contributed by atoms with Gasteiger partial charge in [0.1, 0.15) is 11.5 Å². The van der Waals surface area contributed by atoms with Crippen molar-refractivity contribution >= 4 is 5.96 Å². The summed E-state index contributed by atoms with van der Waals surface area (Å²) in [5.41, 5.74) is 0.694. The number of hydrogen-bond acceptors (Lipinski definition) is 4. The first-order valence-corrected chi connectivity index (χ1v) is 7.18.